The van der Waals surface area contributed by atoms with Crippen molar-refractivity contribution in [3.63, 3.8) is 0 Å². The minimum Gasteiger partial charge on any atom is -0.400 e. The Morgan fingerprint density at radius 2 is 1.71 bits per heavy atom. The van der Waals surface area contributed by atoms with E-state index >= 15 is 0 Å². The van der Waals surface area contributed by atoms with E-state index in [4.69, 9.17) is 37.3 Å². The fraction of sp³-hybridized carbons (Fsp3) is 0.158. The molecule has 6 nitrogen and oxygen atoms in total. The molecule has 0 N–H and O–H groups in total. The molecule has 0 saturated heterocycles. The fourth-order valence-corrected chi connectivity index (χ4v) is 3.59. The van der Waals surface area contributed by atoms with Gasteiger partial charge in [0.2, 0.25) is 11.7 Å². The van der Waals surface area contributed by atoms with Crippen molar-refractivity contribution in [1.29, 1.82) is 0 Å². The number of aromatic nitrogens is 2. The van der Waals surface area contributed by atoms with Gasteiger partial charge in [0.05, 0.1) is 22.8 Å². The molecule has 0 bridgehead atoms. The Hall–Kier alpha value is -2.35. The molecule has 2 aromatic carbocycles. The molecule has 0 unspecified atom stereocenters. The number of hydrogen-bond acceptors (Lipinski definition) is 6. The molecule has 0 aliphatic carbocycles. The summed E-state index contributed by atoms with van der Waals surface area (Å²) in [7, 11) is 1.73. The van der Waals surface area contributed by atoms with Crippen LogP contribution >= 0.6 is 35.2 Å². The number of nitrogens with zero attached hydrogens (tertiary/aromatic N) is 2. The van der Waals surface area contributed by atoms with Crippen LogP contribution in [0.4, 0.5) is 0 Å². The number of halogens is 2. The van der Waals surface area contributed by atoms with Crippen LogP contribution in [0.5, 0.6) is 5.88 Å². The standard InChI is InChI=1S/C19H16Cl2N2O2S.O2/c1-11-4-7-14(8-5-11)26-25-19-17(12(2)22-23(19)3)18(24)15-9-6-13(20)10-16(15)21;1-2/h4-10H,1-3H3;. The second kappa shape index (κ2) is 9.73. The first-order valence-corrected chi connectivity index (χ1v) is 9.48. The summed E-state index contributed by atoms with van der Waals surface area (Å²) in [5, 5.41) is 5.09. The quantitative estimate of drug-likeness (QED) is 0.373. The molecular formula is C19H16Cl2N2O4S. The molecule has 3 aromatic rings. The molecule has 0 aliphatic rings. The van der Waals surface area contributed by atoms with Crippen LogP contribution in [0.15, 0.2) is 47.4 Å². The third kappa shape index (κ3) is 4.92. The smallest absolute Gasteiger partial charge is 0.238 e. The van der Waals surface area contributed by atoms with Crippen molar-refractivity contribution in [2.75, 3.05) is 0 Å². The average molecular weight is 439 g/mol. The van der Waals surface area contributed by atoms with Gasteiger partial charge in [-0.25, -0.2) is 4.68 Å². The number of ketones is 1. The fourth-order valence-electron chi connectivity index (χ4n) is 2.48. The van der Waals surface area contributed by atoms with Crippen LogP contribution in [0.2, 0.25) is 10.0 Å². The number of benzene rings is 2. The first-order valence-electron chi connectivity index (χ1n) is 7.98. The first kappa shape index (κ1) is 21.9. The molecule has 28 heavy (non-hydrogen) atoms. The Kier molecular flexibility index (Phi) is 7.62. The molecule has 146 valence electrons. The molecule has 0 fully saturated rings. The van der Waals surface area contributed by atoms with E-state index in [1.165, 1.54) is 17.6 Å². The van der Waals surface area contributed by atoms with Crippen LogP contribution in [-0.2, 0) is 7.05 Å². The summed E-state index contributed by atoms with van der Waals surface area (Å²) < 4.78 is 7.40. The number of hydrogen-bond donors (Lipinski definition) is 0. The molecule has 0 saturated carbocycles. The van der Waals surface area contributed by atoms with Crippen molar-refractivity contribution in [2.45, 2.75) is 18.7 Å². The molecule has 0 spiro atoms. The van der Waals surface area contributed by atoms with Gasteiger partial charge in [0, 0.05) is 32.5 Å². The first-order chi connectivity index (χ1) is 13.4. The number of rotatable bonds is 5. The van der Waals surface area contributed by atoms with Crippen molar-refractivity contribution in [2.24, 2.45) is 7.05 Å². The molecule has 1 aromatic heterocycles. The lowest BCUT2D eigenvalue weighted by Gasteiger charge is -2.08. The van der Waals surface area contributed by atoms with Crippen molar-refractivity contribution < 1.29 is 8.98 Å². The molecule has 1 heterocycles. The second-order valence-corrected chi connectivity index (χ2v) is 7.47. The van der Waals surface area contributed by atoms with Gasteiger partial charge < -0.3 is 4.18 Å². The Labute approximate surface area is 176 Å². The lowest BCUT2D eigenvalue weighted by Crippen LogP contribution is -2.05. The van der Waals surface area contributed by atoms with E-state index in [0.29, 0.717) is 32.7 Å². The van der Waals surface area contributed by atoms with Crippen molar-refractivity contribution in [3.8, 4) is 5.88 Å². The van der Waals surface area contributed by atoms with E-state index in [0.717, 1.165) is 4.90 Å². The Balaban J connectivity index is 0.00000136. The van der Waals surface area contributed by atoms with Gasteiger partial charge in [0.15, 0.2) is 0 Å². The summed E-state index contributed by atoms with van der Waals surface area (Å²) in [6.45, 7) is 3.78. The van der Waals surface area contributed by atoms with Crippen LogP contribution in [0.3, 0.4) is 0 Å². The minimum atomic E-state index is -0.253. The van der Waals surface area contributed by atoms with Gasteiger partial charge in [-0.3, -0.25) is 4.79 Å². The average Bonchev–Trinajstić information content (AvgIpc) is 2.95. The number of aryl methyl sites for hydroxylation is 3. The maximum Gasteiger partial charge on any atom is 0.238 e. The van der Waals surface area contributed by atoms with Crippen molar-refractivity contribution in [1.82, 2.24) is 9.78 Å². The van der Waals surface area contributed by atoms with E-state index in [-0.39, 0.29) is 5.78 Å². The molecule has 3 rings (SSSR count). The zero-order valence-corrected chi connectivity index (χ0v) is 17.6. The highest BCUT2D eigenvalue weighted by atomic mass is 35.5. The van der Waals surface area contributed by atoms with Gasteiger partial charge in [0.1, 0.15) is 5.56 Å². The zero-order chi connectivity index (χ0) is 20.8. The lowest BCUT2D eigenvalue weighted by molar-refractivity contribution is 0.103. The van der Waals surface area contributed by atoms with Crippen LogP contribution in [0, 0.1) is 23.8 Å². The molecule has 0 atom stereocenters. The van der Waals surface area contributed by atoms with E-state index in [1.54, 1.807) is 36.9 Å². The topological polar surface area (TPSA) is 78.3 Å². The summed E-state index contributed by atoms with van der Waals surface area (Å²) in [5.74, 6) is 0.126. The monoisotopic (exact) mass is 438 g/mol. The minimum absolute atomic E-state index is 0.253. The highest BCUT2D eigenvalue weighted by Gasteiger charge is 2.25. The highest BCUT2D eigenvalue weighted by molar-refractivity contribution is 7.95. The van der Waals surface area contributed by atoms with Gasteiger partial charge in [-0.05, 0) is 44.2 Å². The largest absolute Gasteiger partial charge is 0.400 e. The van der Waals surface area contributed by atoms with E-state index in [1.807, 2.05) is 31.2 Å². The van der Waals surface area contributed by atoms with Crippen LogP contribution < -0.4 is 4.18 Å². The summed E-state index contributed by atoms with van der Waals surface area (Å²) in [6.07, 6.45) is 0. The van der Waals surface area contributed by atoms with Crippen LogP contribution in [0.25, 0.3) is 0 Å². The molecule has 9 heteroatoms. The van der Waals surface area contributed by atoms with Crippen LogP contribution in [-0.4, -0.2) is 15.6 Å². The maximum atomic E-state index is 13.0. The van der Waals surface area contributed by atoms with Gasteiger partial charge in [-0.1, -0.05) is 40.9 Å². The van der Waals surface area contributed by atoms with Crippen molar-refractivity contribution >= 4 is 41.0 Å². The molecule has 0 radical (unpaired) electrons. The van der Waals surface area contributed by atoms with Crippen molar-refractivity contribution in [3.05, 3.63) is 84.8 Å². The predicted octanol–water partition coefficient (Wildman–Crippen LogP) is 5.73. The number of carbonyl (C=O) groups excluding carboxylic acids is 1. The van der Waals surface area contributed by atoms with E-state index in [9.17, 15) is 4.79 Å². The normalized spacial score (nSPS) is 10.2. The second-order valence-electron chi connectivity index (χ2n) is 5.82. The molecule has 0 amide bonds. The zero-order valence-electron chi connectivity index (χ0n) is 15.2. The Morgan fingerprint density at radius 1 is 1.07 bits per heavy atom. The van der Waals surface area contributed by atoms with E-state index in [2.05, 4.69) is 5.10 Å². The van der Waals surface area contributed by atoms with Gasteiger partial charge in [0.25, 0.3) is 0 Å². The summed E-state index contributed by atoms with van der Waals surface area (Å²) in [4.78, 5) is 27.9. The maximum absolute atomic E-state index is 13.0. The van der Waals surface area contributed by atoms with E-state index < -0.39 is 0 Å². The summed E-state index contributed by atoms with van der Waals surface area (Å²) >= 11 is 13.3. The summed E-state index contributed by atoms with van der Waals surface area (Å²) in [5.41, 5.74) is 2.48. The molecule has 0 aliphatic heterocycles. The number of carbonyl (C=O) groups is 1. The van der Waals surface area contributed by atoms with Gasteiger partial charge in [-0.2, -0.15) is 5.10 Å². The SMILES string of the molecule is Cc1ccc(SOc2c(C(=O)c3ccc(Cl)cc3Cl)c(C)nn2C)cc1.O=O. The van der Waals surface area contributed by atoms with Gasteiger partial charge in [-0.15, -0.1) is 0 Å². The lowest BCUT2D eigenvalue weighted by atomic mass is 10.0. The molecular weight excluding hydrogens is 423 g/mol. The van der Waals surface area contributed by atoms with Gasteiger partial charge >= 0.3 is 0 Å². The highest BCUT2D eigenvalue weighted by Crippen LogP contribution is 2.32. The Morgan fingerprint density at radius 3 is 2.32 bits per heavy atom. The Bertz CT molecular complexity index is 990. The van der Waals surface area contributed by atoms with Crippen LogP contribution in [0.1, 0.15) is 27.2 Å². The predicted molar refractivity (Wildman–Crippen MR) is 112 cm³/mol. The third-order valence-electron chi connectivity index (χ3n) is 3.81. The summed E-state index contributed by atoms with van der Waals surface area (Å²) in [6, 6.07) is 12.7. The third-order valence-corrected chi connectivity index (χ3v) is 5.06.